The summed E-state index contributed by atoms with van der Waals surface area (Å²) < 4.78 is 13.6. The molecule has 1 N–H and O–H groups in total. The van der Waals surface area contributed by atoms with Gasteiger partial charge < -0.3 is 5.32 Å². The summed E-state index contributed by atoms with van der Waals surface area (Å²) in [6, 6.07) is 4.57. The predicted octanol–water partition coefficient (Wildman–Crippen LogP) is 4.50. The van der Waals surface area contributed by atoms with E-state index in [4.69, 9.17) is 0 Å². The Morgan fingerprint density at radius 1 is 1.11 bits per heavy atom. The van der Waals surface area contributed by atoms with Gasteiger partial charge in [-0.1, -0.05) is 31.9 Å². The highest BCUT2D eigenvalue weighted by molar-refractivity contribution is 5.30. The molecular weight excluding hydrogens is 237 g/mol. The number of nitrogens with one attached hydrogen (secondary N) is 1. The van der Waals surface area contributed by atoms with Gasteiger partial charge in [0.1, 0.15) is 5.82 Å². The molecule has 2 unspecified atom stereocenters. The first-order valence-electron chi connectivity index (χ1n) is 7.55. The highest BCUT2D eigenvalue weighted by Crippen LogP contribution is 2.23. The van der Waals surface area contributed by atoms with Gasteiger partial charge in [-0.3, -0.25) is 0 Å². The Bertz CT molecular complexity index is 404. The van der Waals surface area contributed by atoms with Gasteiger partial charge in [0, 0.05) is 12.6 Å². The molecule has 1 aromatic rings. The largest absolute Gasteiger partial charge is 0.310 e. The average molecular weight is 263 g/mol. The predicted molar refractivity (Wildman–Crippen MR) is 78.8 cm³/mol. The van der Waals surface area contributed by atoms with E-state index in [0.717, 1.165) is 23.6 Å². The Balaban J connectivity index is 1.91. The fraction of sp³-hybridized carbons (Fsp3) is 0.647. The molecule has 1 aliphatic carbocycles. The second-order valence-electron chi connectivity index (χ2n) is 6.23. The second kappa shape index (κ2) is 6.51. The van der Waals surface area contributed by atoms with E-state index in [1.54, 1.807) is 0 Å². The van der Waals surface area contributed by atoms with Crippen LogP contribution in [0.25, 0.3) is 0 Å². The smallest absolute Gasteiger partial charge is 0.129 e. The molecule has 2 atom stereocenters. The van der Waals surface area contributed by atoms with Crippen molar-refractivity contribution in [3.63, 3.8) is 0 Å². The van der Waals surface area contributed by atoms with Gasteiger partial charge >= 0.3 is 0 Å². The molecule has 0 heterocycles. The normalized spacial score (nSPS) is 24.2. The summed E-state index contributed by atoms with van der Waals surface area (Å²) in [5.74, 6) is 0.814. The maximum absolute atomic E-state index is 13.6. The number of benzene rings is 1. The monoisotopic (exact) mass is 263 g/mol. The molecule has 0 aromatic heterocycles. The van der Waals surface area contributed by atoms with Crippen LogP contribution in [0.15, 0.2) is 12.1 Å². The van der Waals surface area contributed by atoms with E-state index in [-0.39, 0.29) is 5.82 Å². The van der Waals surface area contributed by atoms with Crippen LogP contribution in [0.1, 0.15) is 55.7 Å². The summed E-state index contributed by atoms with van der Waals surface area (Å²) in [6.45, 7) is 6.91. The molecule has 0 aliphatic heterocycles. The molecule has 0 amide bonds. The van der Waals surface area contributed by atoms with E-state index in [2.05, 4.69) is 12.2 Å². The van der Waals surface area contributed by atoms with Crippen molar-refractivity contribution in [2.24, 2.45) is 5.92 Å². The molecule has 106 valence electrons. The van der Waals surface area contributed by atoms with Crippen LogP contribution in [0.4, 0.5) is 4.39 Å². The van der Waals surface area contributed by atoms with Crippen LogP contribution in [0.2, 0.25) is 0 Å². The summed E-state index contributed by atoms with van der Waals surface area (Å²) in [7, 11) is 0. The van der Waals surface area contributed by atoms with E-state index in [1.807, 2.05) is 26.0 Å². The molecule has 2 heteroatoms. The molecule has 1 aromatic carbocycles. The van der Waals surface area contributed by atoms with E-state index in [1.165, 1.54) is 37.7 Å². The summed E-state index contributed by atoms with van der Waals surface area (Å²) in [4.78, 5) is 0. The molecule has 19 heavy (non-hydrogen) atoms. The van der Waals surface area contributed by atoms with E-state index >= 15 is 0 Å². The zero-order chi connectivity index (χ0) is 13.8. The minimum absolute atomic E-state index is 0.0629. The van der Waals surface area contributed by atoms with Gasteiger partial charge in [-0.05, 0) is 55.7 Å². The van der Waals surface area contributed by atoms with Gasteiger partial charge in [0.25, 0.3) is 0 Å². The van der Waals surface area contributed by atoms with Crippen molar-refractivity contribution in [3.8, 4) is 0 Å². The molecule has 1 aliphatic rings. The van der Waals surface area contributed by atoms with Crippen molar-refractivity contribution < 1.29 is 4.39 Å². The maximum atomic E-state index is 13.6. The zero-order valence-corrected chi connectivity index (χ0v) is 12.4. The third kappa shape index (κ3) is 4.04. The lowest BCUT2D eigenvalue weighted by molar-refractivity contribution is 0.447. The number of hydrogen-bond donors (Lipinski definition) is 1. The number of aryl methyl sites for hydroxylation is 2. The Labute approximate surface area is 116 Å². The van der Waals surface area contributed by atoms with Crippen LogP contribution in [-0.2, 0) is 6.54 Å². The average Bonchev–Trinajstić information content (AvgIpc) is 2.58. The highest BCUT2D eigenvalue weighted by atomic mass is 19.1. The first-order chi connectivity index (χ1) is 9.06. The molecule has 1 nitrogen and oxygen atoms in total. The van der Waals surface area contributed by atoms with Gasteiger partial charge in [-0.25, -0.2) is 4.39 Å². The van der Waals surface area contributed by atoms with Crippen LogP contribution in [0, 0.1) is 25.6 Å². The third-order valence-electron chi connectivity index (χ3n) is 4.35. The Kier molecular flexibility index (Phi) is 4.98. The van der Waals surface area contributed by atoms with E-state index in [0.29, 0.717) is 6.04 Å². The van der Waals surface area contributed by atoms with Crippen LogP contribution >= 0.6 is 0 Å². The molecule has 0 radical (unpaired) electrons. The van der Waals surface area contributed by atoms with E-state index < -0.39 is 0 Å². The molecule has 1 fully saturated rings. The zero-order valence-electron chi connectivity index (χ0n) is 12.4. The molecule has 0 spiro atoms. The summed E-state index contributed by atoms with van der Waals surface area (Å²) in [5.41, 5.74) is 2.71. The van der Waals surface area contributed by atoms with Gasteiger partial charge in [0.05, 0.1) is 0 Å². The van der Waals surface area contributed by atoms with Crippen molar-refractivity contribution in [2.75, 3.05) is 0 Å². The quantitative estimate of drug-likeness (QED) is 0.792. The van der Waals surface area contributed by atoms with Crippen LogP contribution in [0.3, 0.4) is 0 Å². The molecule has 2 rings (SSSR count). The minimum atomic E-state index is -0.0629. The van der Waals surface area contributed by atoms with E-state index in [9.17, 15) is 4.39 Å². The Hall–Kier alpha value is -0.890. The second-order valence-corrected chi connectivity index (χ2v) is 6.23. The molecular formula is C17H26FN. The fourth-order valence-corrected chi connectivity index (χ4v) is 3.09. The van der Waals surface area contributed by atoms with Crippen molar-refractivity contribution >= 4 is 0 Å². The first kappa shape index (κ1) is 14.5. The van der Waals surface area contributed by atoms with Gasteiger partial charge in [0.2, 0.25) is 0 Å². The van der Waals surface area contributed by atoms with Crippen molar-refractivity contribution in [3.05, 3.63) is 34.6 Å². The summed E-state index contributed by atoms with van der Waals surface area (Å²) in [6.07, 6.45) is 6.59. The van der Waals surface area contributed by atoms with Crippen molar-refractivity contribution in [1.82, 2.24) is 5.32 Å². The molecule has 1 saturated carbocycles. The summed E-state index contributed by atoms with van der Waals surface area (Å²) >= 11 is 0. The van der Waals surface area contributed by atoms with Gasteiger partial charge in [-0.2, -0.15) is 0 Å². The fourth-order valence-electron chi connectivity index (χ4n) is 3.09. The number of halogens is 1. The van der Waals surface area contributed by atoms with Crippen LogP contribution < -0.4 is 5.32 Å². The van der Waals surface area contributed by atoms with Crippen LogP contribution in [0.5, 0.6) is 0 Å². The third-order valence-corrected chi connectivity index (χ3v) is 4.35. The minimum Gasteiger partial charge on any atom is -0.310 e. The number of rotatable bonds is 3. The lowest BCUT2D eigenvalue weighted by atomic mass is 10.0. The number of hydrogen-bond acceptors (Lipinski definition) is 1. The standard InChI is InChI=1S/C17H26FN/c1-12-5-4-6-16(8-7-12)19-11-15-9-13(2)17(18)14(3)10-15/h9-10,12,16,19H,4-8,11H2,1-3H3. The Morgan fingerprint density at radius 2 is 1.79 bits per heavy atom. The Morgan fingerprint density at radius 3 is 2.47 bits per heavy atom. The summed E-state index contributed by atoms with van der Waals surface area (Å²) in [5, 5.41) is 3.65. The van der Waals surface area contributed by atoms with Crippen molar-refractivity contribution in [2.45, 2.75) is 65.5 Å². The van der Waals surface area contributed by atoms with Gasteiger partial charge in [-0.15, -0.1) is 0 Å². The topological polar surface area (TPSA) is 12.0 Å². The highest BCUT2D eigenvalue weighted by Gasteiger charge is 2.15. The maximum Gasteiger partial charge on any atom is 0.129 e. The molecule has 0 bridgehead atoms. The first-order valence-corrected chi connectivity index (χ1v) is 7.55. The van der Waals surface area contributed by atoms with Gasteiger partial charge in [0.15, 0.2) is 0 Å². The lowest BCUT2D eigenvalue weighted by Gasteiger charge is -2.17. The SMILES string of the molecule is Cc1cc(CNC2CCCC(C)CC2)cc(C)c1F. The molecule has 0 saturated heterocycles. The van der Waals surface area contributed by atoms with Crippen LogP contribution in [-0.4, -0.2) is 6.04 Å². The lowest BCUT2D eigenvalue weighted by Crippen LogP contribution is -2.28. The van der Waals surface area contributed by atoms with Crippen molar-refractivity contribution in [1.29, 1.82) is 0 Å².